The van der Waals surface area contributed by atoms with Gasteiger partial charge < -0.3 is 10.2 Å². The summed E-state index contributed by atoms with van der Waals surface area (Å²) in [4.78, 5) is 27.9. The number of rotatable bonds is 11. The van der Waals surface area contributed by atoms with Crippen molar-refractivity contribution in [3.63, 3.8) is 0 Å². The fourth-order valence-corrected chi connectivity index (χ4v) is 5.45. The topological polar surface area (TPSA) is 86.8 Å². The van der Waals surface area contributed by atoms with Crippen LogP contribution in [0.1, 0.15) is 26.3 Å². The number of amides is 2. The summed E-state index contributed by atoms with van der Waals surface area (Å²) in [5, 5.41) is 3.09. The molecule has 208 valence electrons. The van der Waals surface area contributed by atoms with Crippen LogP contribution in [0.2, 0.25) is 10.0 Å². The summed E-state index contributed by atoms with van der Waals surface area (Å²) in [6.45, 7) is 4.83. The summed E-state index contributed by atoms with van der Waals surface area (Å²) < 4.78 is 42.9. The van der Waals surface area contributed by atoms with E-state index in [0.29, 0.717) is 6.54 Å². The minimum Gasteiger partial charge on any atom is -0.354 e. The molecule has 0 saturated carbocycles. The normalized spacial score (nSPS) is 12.2. The van der Waals surface area contributed by atoms with E-state index in [-0.39, 0.29) is 38.7 Å². The maximum atomic E-state index is 14.6. The molecule has 0 saturated heterocycles. The number of sulfonamides is 1. The first-order valence-electron chi connectivity index (χ1n) is 12.2. The number of carbonyl (C=O) groups is 2. The van der Waals surface area contributed by atoms with Crippen molar-refractivity contribution in [2.24, 2.45) is 5.92 Å². The molecule has 0 fully saturated rings. The zero-order chi connectivity index (χ0) is 28.7. The molecule has 1 N–H and O–H groups in total. The first-order valence-corrected chi connectivity index (χ1v) is 14.4. The van der Waals surface area contributed by atoms with Gasteiger partial charge in [0.05, 0.1) is 20.6 Å². The van der Waals surface area contributed by atoms with E-state index in [1.807, 2.05) is 13.8 Å². The van der Waals surface area contributed by atoms with Gasteiger partial charge >= 0.3 is 0 Å². The molecule has 11 heteroatoms. The monoisotopic (exact) mass is 593 g/mol. The van der Waals surface area contributed by atoms with Crippen LogP contribution in [0, 0.1) is 11.7 Å². The second kappa shape index (κ2) is 13.3. The van der Waals surface area contributed by atoms with Crippen LogP contribution in [0.4, 0.5) is 10.1 Å². The van der Waals surface area contributed by atoms with Gasteiger partial charge in [-0.25, -0.2) is 12.8 Å². The Morgan fingerprint density at radius 1 is 0.923 bits per heavy atom. The Labute approximate surface area is 238 Å². The van der Waals surface area contributed by atoms with E-state index in [9.17, 15) is 22.4 Å². The van der Waals surface area contributed by atoms with Crippen LogP contribution in [0.5, 0.6) is 0 Å². The third-order valence-corrected chi connectivity index (χ3v) is 8.48. The SMILES string of the molecule is CC(C)CNC(=O)C(C)N(Cc1ccccc1F)C(=O)CN(c1ccc(Cl)c(Cl)c1)S(=O)(=O)c1ccccc1. The van der Waals surface area contributed by atoms with Crippen LogP contribution >= 0.6 is 23.2 Å². The highest BCUT2D eigenvalue weighted by Gasteiger charge is 2.33. The molecule has 2 amide bonds. The number of benzene rings is 3. The highest BCUT2D eigenvalue weighted by Crippen LogP contribution is 2.31. The second-order valence-electron chi connectivity index (χ2n) is 9.35. The quantitative estimate of drug-likeness (QED) is 0.317. The average Bonchev–Trinajstić information content (AvgIpc) is 2.91. The fraction of sp³-hybridized carbons (Fsp3) is 0.286. The lowest BCUT2D eigenvalue weighted by Gasteiger charge is -2.32. The van der Waals surface area contributed by atoms with Gasteiger partial charge in [0.25, 0.3) is 10.0 Å². The first-order chi connectivity index (χ1) is 18.4. The molecule has 0 heterocycles. The predicted molar refractivity (Wildman–Crippen MR) is 152 cm³/mol. The van der Waals surface area contributed by atoms with E-state index in [1.54, 1.807) is 24.3 Å². The van der Waals surface area contributed by atoms with Crippen molar-refractivity contribution >= 4 is 50.7 Å². The molecule has 3 aromatic rings. The maximum absolute atomic E-state index is 14.6. The van der Waals surface area contributed by atoms with E-state index in [2.05, 4.69) is 5.32 Å². The molecule has 0 aromatic heterocycles. The fourth-order valence-electron chi connectivity index (χ4n) is 3.73. The largest absolute Gasteiger partial charge is 0.354 e. The van der Waals surface area contributed by atoms with Crippen LogP contribution in [-0.4, -0.2) is 44.3 Å². The van der Waals surface area contributed by atoms with Crippen LogP contribution in [0.15, 0.2) is 77.7 Å². The Morgan fingerprint density at radius 2 is 1.56 bits per heavy atom. The summed E-state index contributed by atoms with van der Waals surface area (Å²) in [6, 6.07) is 16.7. The standard InChI is InChI=1S/C28H30Cl2FN3O4S/c1-19(2)16-32-28(36)20(3)33(17-21-9-7-8-12-26(21)31)27(35)18-34(22-13-14-24(29)25(30)15-22)39(37,38)23-10-5-4-6-11-23/h4-15,19-20H,16-18H2,1-3H3,(H,32,36). The van der Waals surface area contributed by atoms with Crippen LogP contribution < -0.4 is 9.62 Å². The summed E-state index contributed by atoms with van der Waals surface area (Å²) >= 11 is 12.2. The lowest BCUT2D eigenvalue weighted by atomic mass is 10.1. The van der Waals surface area contributed by atoms with Gasteiger partial charge in [-0.1, -0.05) is 73.4 Å². The third-order valence-electron chi connectivity index (χ3n) is 5.95. The van der Waals surface area contributed by atoms with Crippen LogP contribution in [-0.2, 0) is 26.2 Å². The Bertz CT molecular complexity index is 1420. The number of anilines is 1. The van der Waals surface area contributed by atoms with E-state index < -0.39 is 40.2 Å². The minimum atomic E-state index is -4.25. The van der Waals surface area contributed by atoms with E-state index in [1.165, 1.54) is 60.4 Å². The van der Waals surface area contributed by atoms with Gasteiger partial charge in [0.1, 0.15) is 18.4 Å². The Balaban J connectivity index is 2.03. The summed E-state index contributed by atoms with van der Waals surface area (Å²) in [6.07, 6.45) is 0. The number of nitrogens with zero attached hydrogens (tertiary/aromatic N) is 2. The highest BCUT2D eigenvalue weighted by molar-refractivity contribution is 7.92. The van der Waals surface area contributed by atoms with Crippen molar-refractivity contribution in [1.29, 1.82) is 0 Å². The Hall–Kier alpha value is -3.14. The van der Waals surface area contributed by atoms with Gasteiger partial charge in [-0.2, -0.15) is 0 Å². The first kappa shape index (κ1) is 30.4. The van der Waals surface area contributed by atoms with E-state index in [0.717, 1.165) is 4.31 Å². The molecule has 0 aliphatic rings. The van der Waals surface area contributed by atoms with Crippen molar-refractivity contribution < 1.29 is 22.4 Å². The van der Waals surface area contributed by atoms with Gasteiger partial charge in [-0.05, 0) is 49.2 Å². The van der Waals surface area contributed by atoms with Crippen molar-refractivity contribution in [1.82, 2.24) is 10.2 Å². The Kier molecular flexibility index (Phi) is 10.4. The number of hydrogen-bond donors (Lipinski definition) is 1. The summed E-state index contributed by atoms with van der Waals surface area (Å²) in [7, 11) is -4.25. The molecule has 3 rings (SSSR count). The molecule has 0 bridgehead atoms. The molecular weight excluding hydrogens is 564 g/mol. The Morgan fingerprint density at radius 3 is 2.18 bits per heavy atom. The molecular formula is C28H30Cl2FN3O4S. The minimum absolute atomic E-state index is 0.0488. The molecule has 0 aliphatic carbocycles. The zero-order valence-electron chi connectivity index (χ0n) is 21.8. The van der Waals surface area contributed by atoms with Crippen LogP contribution in [0.25, 0.3) is 0 Å². The second-order valence-corrected chi connectivity index (χ2v) is 12.0. The number of hydrogen-bond acceptors (Lipinski definition) is 4. The molecule has 1 unspecified atom stereocenters. The van der Waals surface area contributed by atoms with E-state index >= 15 is 0 Å². The lowest BCUT2D eigenvalue weighted by molar-refractivity contribution is -0.139. The zero-order valence-corrected chi connectivity index (χ0v) is 24.1. The molecule has 0 aliphatic heterocycles. The number of nitrogens with one attached hydrogen (secondary N) is 1. The molecule has 3 aromatic carbocycles. The van der Waals surface area contributed by atoms with Crippen molar-refractivity contribution in [3.05, 3.63) is 94.2 Å². The predicted octanol–water partition coefficient (Wildman–Crippen LogP) is 5.52. The van der Waals surface area contributed by atoms with Gasteiger partial charge in [0, 0.05) is 18.7 Å². The van der Waals surface area contributed by atoms with Gasteiger partial charge in [0.2, 0.25) is 11.8 Å². The van der Waals surface area contributed by atoms with Gasteiger partial charge in [-0.15, -0.1) is 0 Å². The molecule has 7 nitrogen and oxygen atoms in total. The maximum Gasteiger partial charge on any atom is 0.264 e. The van der Waals surface area contributed by atoms with Crippen molar-refractivity contribution in [2.75, 3.05) is 17.4 Å². The number of carbonyl (C=O) groups excluding carboxylic acids is 2. The molecule has 0 radical (unpaired) electrons. The van der Waals surface area contributed by atoms with Crippen molar-refractivity contribution in [2.45, 2.75) is 38.3 Å². The molecule has 0 spiro atoms. The lowest BCUT2D eigenvalue weighted by Crippen LogP contribution is -2.51. The summed E-state index contributed by atoms with van der Waals surface area (Å²) in [5.74, 6) is -1.54. The third kappa shape index (κ3) is 7.71. The smallest absolute Gasteiger partial charge is 0.264 e. The number of halogens is 3. The van der Waals surface area contributed by atoms with Gasteiger partial charge in [-0.3, -0.25) is 13.9 Å². The van der Waals surface area contributed by atoms with Crippen molar-refractivity contribution in [3.8, 4) is 0 Å². The van der Waals surface area contributed by atoms with Gasteiger partial charge in [0.15, 0.2) is 0 Å². The van der Waals surface area contributed by atoms with Crippen LogP contribution in [0.3, 0.4) is 0 Å². The summed E-state index contributed by atoms with van der Waals surface area (Å²) in [5.41, 5.74) is 0.283. The van der Waals surface area contributed by atoms with E-state index in [4.69, 9.17) is 23.2 Å². The molecule has 39 heavy (non-hydrogen) atoms. The molecule has 1 atom stereocenters. The average molecular weight is 595 g/mol. The highest BCUT2D eigenvalue weighted by atomic mass is 35.5.